The van der Waals surface area contributed by atoms with Gasteiger partial charge in [-0.2, -0.15) is 0 Å². The lowest BCUT2D eigenvalue weighted by molar-refractivity contribution is -0.119. The van der Waals surface area contributed by atoms with Gasteiger partial charge in [-0.25, -0.2) is 0 Å². The monoisotopic (exact) mass is 252 g/mol. The number of aryl methyl sites for hydroxylation is 1. The fourth-order valence-electron chi connectivity index (χ4n) is 2.47. The quantitative estimate of drug-likeness (QED) is 0.781. The molecule has 0 spiro atoms. The summed E-state index contributed by atoms with van der Waals surface area (Å²) in [5.74, 6) is 0.253. The van der Waals surface area contributed by atoms with Crippen LogP contribution in [0.3, 0.4) is 0 Å². The normalized spacial score (nSPS) is 24.5. The number of halogens is 1. The Morgan fingerprint density at radius 1 is 1.41 bits per heavy atom. The molecular weight excluding hydrogens is 236 g/mol. The van der Waals surface area contributed by atoms with Gasteiger partial charge in [-0.1, -0.05) is 18.5 Å². The molecule has 0 saturated carbocycles. The maximum absolute atomic E-state index is 12.1. The summed E-state index contributed by atoms with van der Waals surface area (Å²) < 4.78 is 0. The largest absolute Gasteiger partial charge is 0.397 e. The first-order valence-corrected chi connectivity index (χ1v) is 6.18. The van der Waals surface area contributed by atoms with Crippen molar-refractivity contribution in [3.8, 4) is 0 Å². The van der Waals surface area contributed by atoms with Crippen LogP contribution in [0, 0.1) is 12.8 Å². The number of nitrogens with two attached hydrogens (primary N) is 1. The van der Waals surface area contributed by atoms with Gasteiger partial charge in [-0.15, -0.1) is 0 Å². The fraction of sp³-hybridized carbons (Fsp3) is 0.462. The highest BCUT2D eigenvalue weighted by Crippen LogP contribution is 2.35. The van der Waals surface area contributed by atoms with E-state index in [9.17, 15) is 4.79 Å². The van der Waals surface area contributed by atoms with Crippen molar-refractivity contribution >= 4 is 28.9 Å². The van der Waals surface area contributed by atoms with E-state index in [2.05, 4.69) is 6.92 Å². The van der Waals surface area contributed by atoms with Crippen LogP contribution < -0.4 is 10.6 Å². The number of nitrogens with zero attached hydrogens (tertiary/aromatic N) is 1. The Kier molecular flexibility index (Phi) is 3.04. The molecule has 0 radical (unpaired) electrons. The molecule has 0 aromatic heterocycles. The highest BCUT2D eigenvalue weighted by molar-refractivity contribution is 6.33. The first-order valence-electron chi connectivity index (χ1n) is 5.80. The number of amides is 1. The van der Waals surface area contributed by atoms with Crippen LogP contribution in [0.25, 0.3) is 0 Å². The molecule has 1 fully saturated rings. The van der Waals surface area contributed by atoms with Crippen molar-refractivity contribution in [2.75, 3.05) is 10.6 Å². The Hall–Kier alpha value is -1.22. The molecule has 3 nitrogen and oxygen atoms in total. The van der Waals surface area contributed by atoms with Gasteiger partial charge in [-0.3, -0.25) is 4.79 Å². The van der Waals surface area contributed by atoms with Crippen molar-refractivity contribution in [3.63, 3.8) is 0 Å². The third-order valence-corrected chi connectivity index (χ3v) is 3.70. The summed E-state index contributed by atoms with van der Waals surface area (Å²) in [5.41, 5.74) is 8.20. The average molecular weight is 253 g/mol. The van der Waals surface area contributed by atoms with Crippen molar-refractivity contribution in [1.29, 1.82) is 0 Å². The highest BCUT2D eigenvalue weighted by atomic mass is 35.5. The molecule has 17 heavy (non-hydrogen) atoms. The summed E-state index contributed by atoms with van der Waals surface area (Å²) in [6.45, 7) is 5.97. The number of hydrogen-bond donors (Lipinski definition) is 1. The first-order chi connectivity index (χ1) is 7.91. The Morgan fingerprint density at radius 3 is 2.59 bits per heavy atom. The van der Waals surface area contributed by atoms with Crippen molar-refractivity contribution in [1.82, 2.24) is 0 Å². The molecule has 1 aliphatic rings. The lowest BCUT2D eigenvalue weighted by Gasteiger charge is -2.24. The smallest absolute Gasteiger partial charge is 0.230 e. The minimum absolute atomic E-state index is 0.0845. The van der Waals surface area contributed by atoms with Crippen LogP contribution in [0.15, 0.2) is 12.1 Å². The molecule has 0 bridgehead atoms. The van der Waals surface area contributed by atoms with Gasteiger partial charge in [0.05, 0.1) is 10.7 Å². The Labute approximate surface area is 107 Å². The van der Waals surface area contributed by atoms with E-state index < -0.39 is 0 Å². The zero-order valence-corrected chi connectivity index (χ0v) is 11.1. The predicted octanol–water partition coefficient (Wildman–Crippen LogP) is 2.99. The van der Waals surface area contributed by atoms with Crippen molar-refractivity contribution in [3.05, 3.63) is 22.7 Å². The summed E-state index contributed by atoms with van der Waals surface area (Å²) in [5, 5.41) is 0.540. The van der Waals surface area contributed by atoms with Gasteiger partial charge in [0, 0.05) is 17.6 Å². The average Bonchev–Trinajstić information content (AvgIpc) is 2.48. The summed E-state index contributed by atoms with van der Waals surface area (Å²) in [4.78, 5) is 14.0. The topological polar surface area (TPSA) is 46.3 Å². The molecule has 1 aromatic rings. The molecule has 0 aliphatic carbocycles. The van der Waals surface area contributed by atoms with Gasteiger partial charge in [0.2, 0.25) is 5.91 Å². The number of rotatable bonds is 1. The predicted molar refractivity (Wildman–Crippen MR) is 71.3 cm³/mol. The second kappa shape index (κ2) is 4.22. The Bertz CT molecular complexity index is 473. The van der Waals surface area contributed by atoms with E-state index in [0.29, 0.717) is 10.7 Å². The molecule has 2 rings (SSSR count). The van der Waals surface area contributed by atoms with Crippen LogP contribution >= 0.6 is 11.6 Å². The molecular formula is C13H17ClN2O. The van der Waals surface area contributed by atoms with Crippen LogP contribution in [0.4, 0.5) is 11.4 Å². The molecule has 1 heterocycles. The molecule has 1 aromatic carbocycles. The standard InChI is InChI=1S/C13H17ClN2O/c1-7-5-10(14)11(15)6-12(7)16-9(3)4-8(2)13(16)17/h5-6,8-9H,4,15H2,1-3H3. The highest BCUT2D eigenvalue weighted by Gasteiger charge is 2.35. The van der Waals surface area contributed by atoms with Crippen molar-refractivity contribution < 1.29 is 4.79 Å². The zero-order valence-electron chi connectivity index (χ0n) is 10.3. The van der Waals surface area contributed by atoms with E-state index in [-0.39, 0.29) is 17.9 Å². The van der Waals surface area contributed by atoms with Crippen LogP contribution in [-0.4, -0.2) is 11.9 Å². The lowest BCUT2D eigenvalue weighted by atomic mass is 10.1. The number of carbonyl (C=O) groups excluding carboxylic acids is 1. The molecule has 92 valence electrons. The van der Waals surface area contributed by atoms with Crippen molar-refractivity contribution in [2.45, 2.75) is 33.2 Å². The maximum Gasteiger partial charge on any atom is 0.230 e. The summed E-state index contributed by atoms with van der Waals surface area (Å²) in [6.07, 6.45) is 0.890. The number of hydrogen-bond acceptors (Lipinski definition) is 2. The molecule has 1 saturated heterocycles. The summed E-state index contributed by atoms with van der Waals surface area (Å²) in [7, 11) is 0. The SMILES string of the molecule is Cc1cc(Cl)c(N)cc1N1C(=O)C(C)CC1C. The van der Waals surface area contributed by atoms with Crippen LogP contribution in [-0.2, 0) is 4.79 Å². The van der Waals surface area contributed by atoms with Crippen LogP contribution in [0.1, 0.15) is 25.8 Å². The lowest BCUT2D eigenvalue weighted by Crippen LogP contribution is -2.32. The third-order valence-electron chi connectivity index (χ3n) is 3.37. The zero-order chi connectivity index (χ0) is 12.7. The van der Waals surface area contributed by atoms with Crippen LogP contribution in [0.5, 0.6) is 0 Å². The fourth-order valence-corrected chi connectivity index (χ4v) is 2.68. The second-order valence-electron chi connectivity index (χ2n) is 4.85. The van der Waals surface area contributed by atoms with E-state index in [4.69, 9.17) is 17.3 Å². The van der Waals surface area contributed by atoms with Gasteiger partial charge < -0.3 is 10.6 Å². The third kappa shape index (κ3) is 2.00. The molecule has 2 N–H and O–H groups in total. The van der Waals surface area contributed by atoms with E-state index in [0.717, 1.165) is 17.7 Å². The maximum atomic E-state index is 12.1. The van der Waals surface area contributed by atoms with Gasteiger partial charge in [-0.05, 0) is 38.0 Å². The Morgan fingerprint density at radius 2 is 2.06 bits per heavy atom. The Balaban J connectivity index is 2.47. The minimum atomic E-state index is 0.0845. The molecule has 4 heteroatoms. The van der Waals surface area contributed by atoms with Gasteiger partial charge >= 0.3 is 0 Å². The molecule has 1 amide bonds. The summed E-state index contributed by atoms with van der Waals surface area (Å²) in [6, 6.07) is 3.83. The van der Waals surface area contributed by atoms with E-state index in [1.165, 1.54) is 0 Å². The van der Waals surface area contributed by atoms with Crippen LogP contribution in [0.2, 0.25) is 5.02 Å². The second-order valence-corrected chi connectivity index (χ2v) is 5.26. The number of benzene rings is 1. The minimum Gasteiger partial charge on any atom is -0.397 e. The number of carbonyl (C=O) groups is 1. The van der Waals surface area contributed by atoms with E-state index >= 15 is 0 Å². The summed E-state index contributed by atoms with van der Waals surface area (Å²) >= 11 is 5.97. The number of nitrogen functional groups attached to an aromatic ring is 1. The van der Waals surface area contributed by atoms with Gasteiger partial charge in [0.15, 0.2) is 0 Å². The van der Waals surface area contributed by atoms with E-state index in [1.54, 1.807) is 6.07 Å². The molecule has 2 unspecified atom stereocenters. The van der Waals surface area contributed by atoms with E-state index in [1.807, 2.05) is 24.8 Å². The number of anilines is 2. The first kappa shape index (κ1) is 12.2. The molecule has 1 aliphatic heterocycles. The van der Waals surface area contributed by atoms with Gasteiger partial charge in [0.1, 0.15) is 0 Å². The van der Waals surface area contributed by atoms with Crippen molar-refractivity contribution in [2.24, 2.45) is 5.92 Å². The van der Waals surface area contributed by atoms with Gasteiger partial charge in [0.25, 0.3) is 0 Å². The molecule has 2 atom stereocenters.